The first-order valence-corrected chi connectivity index (χ1v) is 11.3. The van der Waals surface area contributed by atoms with Crippen LogP contribution in [0.1, 0.15) is 51.5 Å². The van der Waals surface area contributed by atoms with Crippen LogP contribution in [0.3, 0.4) is 0 Å². The van der Waals surface area contributed by atoms with Crippen molar-refractivity contribution in [1.82, 2.24) is 10.6 Å². The summed E-state index contributed by atoms with van der Waals surface area (Å²) in [4.78, 5) is 39.5. The van der Waals surface area contributed by atoms with Gasteiger partial charge in [-0.25, -0.2) is 0 Å². The monoisotopic (exact) mass is 411 g/mol. The largest absolute Gasteiger partial charge is 0.353 e. The van der Waals surface area contributed by atoms with Gasteiger partial charge >= 0.3 is 0 Å². The molecule has 6 nitrogen and oxygen atoms in total. The van der Waals surface area contributed by atoms with Crippen molar-refractivity contribution in [3.05, 3.63) is 29.8 Å². The quantitative estimate of drug-likeness (QED) is 0.800. The summed E-state index contributed by atoms with van der Waals surface area (Å²) >= 11 is 0. The summed E-state index contributed by atoms with van der Waals surface area (Å²) in [6.45, 7) is 6.72. The van der Waals surface area contributed by atoms with Crippen LogP contribution in [-0.4, -0.2) is 36.3 Å². The fourth-order valence-corrected chi connectivity index (χ4v) is 5.68. The highest BCUT2D eigenvalue weighted by molar-refractivity contribution is 6.00. The fraction of sp³-hybridized carbons (Fsp3) is 0.625. The smallest absolute Gasteiger partial charge is 0.227 e. The molecule has 3 fully saturated rings. The van der Waals surface area contributed by atoms with E-state index in [4.69, 9.17) is 0 Å². The molecule has 0 radical (unpaired) electrons. The Morgan fingerprint density at radius 2 is 1.93 bits per heavy atom. The van der Waals surface area contributed by atoms with Gasteiger partial charge in [-0.2, -0.15) is 0 Å². The highest BCUT2D eigenvalue weighted by Crippen LogP contribution is 2.39. The Morgan fingerprint density at radius 3 is 2.63 bits per heavy atom. The lowest BCUT2D eigenvalue weighted by Gasteiger charge is -2.46. The van der Waals surface area contributed by atoms with E-state index in [-0.39, 0.29) is 48.1 Å². The molecule has 2 saturated heterocycles. The summed E-state index contributed by atoms with van der Waals surface area (Å²) in [5.74, 6) is 0.792. The summed E-state index contributed by atoms with van der Waals surface area (Å²) < 4.78 is 0. The van der Waals surface area contributed by atoms with Gasteiger partial charge in [-0.05, 0) is 56.6 Å². The molecule has 6 unspecified atom stereocenters. The van der Waals surface area contributed by atoms with Crippen LogP contribution in [-0.2, 0) is 14.4 Å². The third kappa shape index (κ3) is 3.96. The van der Waals surface area contributed by atoms with E-state index < -0.39 is 0 Å². The number of amides is 3. The van der Waals surface area contributed by atoms with E-state index in [0.717, 1.165) is 36.9 Å². The number of rotatable bonds is 4. The van der Waals surface area contributed by atoms with Gasteiger partial charge < -0.3 is 15.5 Å². The van der Waals surface area contributed by atoms with Crippen LogP contribution in [0.15, 0.2) is 24.3 Å². The number of anilines is 1. The molecule has 30 heavy (non-hydrogen) atoms. The zero-order chi connectivity index (χ0) is 21.4. The first-order chi connectivity index (χ1) is 14.4. The molecule has 3 aliphatic rings. The molecule has 1 saturated carbocycles. The van der Waals surface area contributed by atoms with Crippen molar-refractivity contribution in [1.29, 1.82) is 0 Å². The molecule has 1 aliphatic carbocycles. The van der Waals surface area contributed by atoms with Crippen LogP contribution in [0.25, 0.3) is 0 Å². The normalized spacial score (nSPS) is 33.8. The molecule has 6 heteroatoms. The second-order valence-electron chi connectivity index (χ2n) is 9.41. The van der Waals surface area contributed by atoms with Crippen molar-refractivity contribution in [3.63, 3.8) is 0 Å². The lowest BCUT2D eigenvalue weighted by Crippen LogP contribution is -2.58. The number of hydrogen-bond donors (Lipinski definition) is 2. The maximum atomic E-state index is 12.9. The summed E-state index contributed by atoms with van der Waals surface area (Å²) in [5, 5.41) is 6.39. The topological polar surface area (TPSA) is 78.5 Å². The van der Waals surface area contributed by atoms with Crippen molar-refractivity contribution < 1.29 is 14.4 Å². The molecule has 0 aromatic heterocycles. The predicted molar refractivity (Wildman–Crippen MR) is 116 cm³/mol. The first kappa shape index (κ1) is 20.9. The molecule has 1 aromatic carbocycles. The second kappa shape index (κ2) is 8.40. The minimum absolute atomic E-state index is 0.00156. The summed E-state index contributed by atoms with van der Waals surface area (Å²) in [5.41, 5.74) is 2.00. The van der Waals surface area contributed by atoms with E-state index >= 15 is 0 Å². The van der Waals surface area contributed by atoms with Crippen molar-refractivity contribution >= 4 is 23.4 Å². The molecule has 4 rings (SSSR count). The van der Waals surface area contributed by atoms with Crippen LogP contribution >= 0.6 is 0 Å². The van der Waals surface area contributed by atoms with Gasteiger partial charge in [0.2, 0.25) is 17.7 Å². The molecule has 0 bridgehead atoms. The van der Waals surface area contributed by atoms with Crippen LogP contribution in [0.5, 0.6) is 0 Å². The van der Waals surface area contributed by atoms with Crippen LogP contribution in [0.4, 0.5) is 5.69 Å². The number of nitrogens with one attached hydrogen (secondary N) is 2. The Hall–Kier alpha value is -2.37. The maximum Gasteiger partial charge on any atom is 0.227 e. The number of nitrogens with zero attached hydrogens (tertiary/aromatic N) is 1. The van der Waals surface area contributed by atoms with Gasteiger partial charge in [0.05, 0.1) is 5.92 Å². The number of carbonyl (C=O) groups excluding carboxylic acids is 3. The van der Waals surface area contributed by atoms with E-state index in [1.54, 1.807) is 4.90 Å². The second-order valence-corrected chi connectivity index (χ2v) is 9.41. The molecule has 2 aliphatic heterocycles. The minimum atomic E-state index is -0.319. The van der Waals surface area contributed by atoms with Crippen molar-refractivity contribution in [2.24, 2.45) is 23.7 Å². The third-order valence-corrected chi connectivity index (χ3v) is 7.51. The SMILES string of the molecule is CCC1C(=O)NC2CC(NC(=O)C3CC(=O)N(c4ccc(C)cc4)C3)CCC2C1C. The minimum Gasteiger partial charge on any atom is -0.353 e. The number of hydrogen-bond acceptors (Lipinski definition) is 3. The predicted octanol–water partition coefficient (Wildman–Crippen LogP) is 2.79. The molecule has 6 atom stereocenters. The zero-order valence-electron chi connectivity index (χ0n) is 18.2. The summed E-state index contributed by atoms with van der Waals surface area (Å²) in [7, 11) is 0. The summed E-state index contributed by atoms with van der Waals surface area (Å²) in [6, 6.07) is 8.04. The molecule has 0 spiro atoms. The average molecular weight is 412 g/mol. The Bertz CT molecular complexity index is 821. The summed E-state index contributed by atoms with van der Waals surface area (Å²) in [6.07, 6.45) is 3.87. The van der Waals surface area contributed by atoms with Gasteiger partial charge in [0, 0.05) is 36.7 Å². The number of aryl methyl sites for hydroxylation is 1. The molecular formula is C24H33N3O3. The van der Waals surface area contributed by atoms with Crippen LogP contribution in [0.2, 0.25) is 0 Å². The van der Waals surface area contributed by atoms with Gasteiger partial charge in [-0.15, -0.1) is 0 Å². The van der Waals surface area contributed by atoms with Crippen LogP contribution in [0, 0.1) is 30.6 Å². The van der Waals surface area contributed by atoms with Gasteiger partial charge in [0.25, 0.3) is 0 Å². The molecule has 3 amide bonds. The number of benzene rings is 1. The molecule has 2 N–H and O–H groups in total. The van der Waals surface area contributed by atoms with Crippen molar-refractivity contribution in [2.45, 2.75) is 65.0 Å². The molecular weight excluding hydrogens is 378 g/mol. The molecule has 1 aromatic rings. The lowest BCUT2D eigenvalue weighted by atomic mass is 9.67. The van der Waals surface area contributed by atoms with Crippen LogP contribution < -0.4 is 15.5 Å². The highest BCUT2D eigenvalue weighted by Gasteiger charge is 2.44. The van der Waals surface area contributed by atoms with Gasteiger partial charge in [0.1, 0.15) is 0 Å². The van der Waals surface area contributed by atoms with E-state index in [1.807, 2.05) is 31.2 Å². The van der Waals surface area contributed by atoms with Gasteiger partial charge in [-0.3, -0.25) is 14.4 Å². The highest BCUT2D eigenvalue weighted by atomic mass is 16.2. The van der Waals surface area contributed by atoms with E-state index in [9.17, 15) is 14.4 Å². The average Bonchev–Trinajstić information content (AvgIpc) is 3.10. The lowest BCUT2D eigenvalue weighted by molar-refractivity contribution is -0.133. The van der Waals surface area contributed by atoms with E-state index in [2.05, 4.69) is 24.5 Å². The Balaban J connectivity index is 1.34. The van der Waals surface area contributed by atoms with Gasteiger partial charge in [0.15, 0.2) is 0 Å². The van der Waals surface area contributed by atoms with Gasteiger partial charge in [-0.1, -0.05) is 31.5 Å². The molecule has 162 valence electrons. The molecule has 2 heterocycles. The number of carbonyl (C=O) groups is 3. The van der Waals surface area contributed by atoms with E-state index in [1.165, 1.54) is 0 Å². The Kier molecular flexibility index (Phi) is 5.85. The number of fused-ring (bicyclic) bond motifs is 1. The Labute approximate surface area is 178 Å². The number of piperidine rings is 1. The van der Waals surface area contributed by atoms with Crippen molar-refractivity contribution in [3.8, 4) is 0 Å². The zero-order valence-corrected chi connectivity index (χ0v) is 18.2. The fourth-order valence-electron chi connectivity index (χ4n) is 5.68. The third-order valence-electron chi connectivity index (χ3n) is 7.51. The van der Waals surface area contributed by atoms with E-state index in [0.29, 0.717) is 18.4 Å². The first-order valence-electron chi connectivity index (χ1n) is 11.3. The maximum absolute atomic E-state index is 12.9. The standard InChI is InChI=1S/C24H33N3O3/c1-4-19-15(3)20-10-7-17(12-21(20)26-24(19)30)25-23(29)16-11-22(28)27(13-16)18-8-5-14(2)6-9-18/h5-6,8-9,15-17,19-21H,4,7,10-13H2,1-3H3,(H,25,29)(H,26,30). The van der Waals surface area contributed by atoms with Crippen molar-refractivity contribution in [2.75, 3.05) is 11.4 Å². The Morgan fingerprint density at radius 1 is 1.20 bits per heavy atom.